The van der Waals surface area contributed by atoms with E-state index in [1.807, 2.05) is 0 Å². The van der Waals surface area contributed by atoms with Crippen molar-refractivity contribution in [2.24, 2.45) is 0 Å². The molecule has 0 radical (unpaired) electrons. The first kappa shape index (κ1) is 23.4. The zero-order valence-electron chi connectivity index (χ0n) is 18.3. The van der Waals surface area contributed by atoms with E-state index < -0.39 is 21.3 Å². The number of benzene rings is 4. The predicted molar refractivity (Wildman–Crippen MR) is 125 cm³/mol. The Kier molecular flexibility index (Phi) is 6.74. The summed E-state index contributed by atoms with van der Waals surface area (Å²) in [5, 5.41) is 0. The van der Waals surface area contributed by atoms with Gasteiger partial charge < -0.3 is 24.8 Å². The molecule has 0 spiro atoms. The Morgan fingerprint density at radius 2 is 0.938 bits per heavy atom. The topological polar surface area (TPSA) is 0 Å². The molecule has 0 saturated heterocycles. The fourth-order valence-electron chi connectivity index (χ4n) is 5.47. The maximum Gasteiger partial charge on any atom is -1.00 e. The smallest absolute Gasteiger partial charge is 1.00 e. The van der Waals surface area contributed by atoms with Crippen LogP contribution >= 0.6 is 0 Å². The maximum absolute atomic E-state index is 2.45. The van der Waals surface area contributed by atoms with Gasteiger partial charge in [-0.1, -0.05) is 0 Å². The largest absolute Gasteiger partial charge is 1.00 e. The molecule has 6 rings (SSSR count). The van der Waals surface area contributed by atoms with Crippen LogP contribution in [0.2, 0.25) is 0 Å². The first-order chi connectivity index (χ1) is 14.7. The van der Waals surface area contributed by atoms with Crippen molar-refractivity contribution in [3.63, 3.8) is 0 Å². The van der Waals surface area contributed by atoms with E-state index in [9.17, 15) is 0 Å². The van der Waals surface area contributed by atoms with Gasteiger partial charge in [0.25, 0.3) is 0 Å². The first-order valence-corrected chi connectivity index (χ1v) is 14.5. The molecule has 0 fully saturated rings. The second-order valence-electron chi connectivity index (χ2n) is 8.71. The molecule has 0 N–H and O–H groups in total. The second kappa shape index (κ2) is 9.22. The van der Waals surface area contributed by atoms with Gasteiger partial charge in [-0.05, 0) is 0 Å². The van der Waals surface area contributed by atoms with E-state index in [1.165, 1.54) is 33.4 Å². The molecule has 0 nitrogen and oxygen atoms in total. The van der Waals surface area contributed by atoms with E-state index in [1.54, 1.807) is 20.9 Å². The van der Waals surface area contributed by atoms with Gasteiger partial charge in [-0.15, -0.1) is 0 Å². The van der Waals surface area contributed by atoms with Crippen molar-refractivity contribution in [1.82, 2.24) is 0 Å². The molecule has 2 aliphatic carbocycles. The van der Waals surface area contributed by atoms with Crippen molar-refractivity contribution < 1.29 is 46.1 Å². The first-order valence-electron chi connectivity index (χ1n) is 10.8. The molecule has 0 unspecified atom stereocenters. The molecule has 4 aromatic rings. The Balaban J connectivity index is 0.00000122. The fourth-order valence-corrected chi connectivity index (χ4v) is 12.7. The van der Waals surface area contributed by atoms with Crippen molar-refractivity contribution in [1.29, 1.82) is 0 Å². The third kappa shape index (κ3) is 3.60. The van der Waals surface area contributed by atoms with Crippen molar-refractivity contribution in [2.45, 2.75) is 26.7 Å². The van der Waals surface area contributed by atoms with Crippen LogP contribution in [0.1, 0.15) is 36.1 Å². The van der Waals surface area contributed by atoms with E-state index in [-0.39, 0.29) is 24.8 Å². The molecular formula is C29H24Cl2Zr. The summed E-state index contributed by atoms with van der Waals surface area (Å²) in [5.41, 5.74) is 12.0. The third-order valence-electron chi connectivity index (χ3n) is 6.74. The molecular weight excluding hydrogens is 510 g/mol. The van der Waals surface area contributed by atoms with E-state index in [0.29, 0.717) is 0 Å². The van der Waals surface area contributed by atoms with Gasteiger partial charge in [0.05, 0.1) is 0 Å². The van der Waals surface area contributed by atoms with Crippen molar-refractivity contribution in [3.8, 4) is 22.3 Å². The average Bonchev–Trinajstić information content (AvgIpc) is 3.33. The Morgan fingerprint density at radius 1 is 0.531 bits per heavy atom. The molecule has 3 heteroatoms. The Bertz CT molecular complexity index is 1260. The third-order valence-corrected chi connectivity index (χ3v) is 14.1. The summed E-state index contributed by atoms with van der Waals surface area (Å²) in [7, 11) is 0. The quantitative estimate of drug-likeness (QED) is 0.284. The minimum atomic E-state index is -2.20. The summed E-state index contributed by atoms with van der Waals surface area (Å²) in [6.45, 7) is 4.77. The normalized spacial score (nSPS) is 11.7. The number of hydrogen-bond donors (Lipinski definition) is 0. The summed E-state index contributed by atoms with van der Waals surface area (Å²) < 4.78 is 5.01. The summed E-state index contributed by atoms with van der Waals surface area (Å²) >= 11 is -2.20. The van der Waals surface area contributed by atoms with E-state index in [0.717, 1.165) is 12.8 Å². The fraction of sp³-hybridized carbons (Fsp3) is 0.138. The van der Waals surface area contributed by atoms with Crippen LogP contribution in [0.4, 0.5) is 0 Å². The molecule has 0 amide bonds. The zero-order valence-corrected chi connectivity index (χ0v) is 22.2. The summed E-state index contributed by atoms with van der Waals surface area (Å²) in [4.78, 5) is 0. The van der Waals surface area contributed by atoms with Crippen molar-refractivity contribution in [3.05, 3.63) is 107 Å². The van der Waals surface area contributed by atoms with Gasteiger partial charge >= 0.3 is 187 Å². The molecule has 32 heavy (non-hydrogen) atoms. The van der Waals surface area contributed by atoms with E-state index in [4.69, 9.17) is 0 Å². The summed E-state index contributed by atoms with van der Waals surface area (Å²) in [5.74, 6) is 0. The van der Waals surface area contributed by atoms with Gasteiger partial charge in [-0.2, -0.15) is 0 Å². The zero-order chi connectivity index (χ0) is 20.2. The van der Waals surface area contributed by atoms with Crippen LogP contribution in [0.3, 0.4) is 0 Å². The van der Waals surface area contributed by atoms with Gasteiger partial charge in [-0.3, -0.25) is 0 Å². The summed E-state index contributed by atoms with van der Waals surface area (Å²) in [6.07, 6.45) is 2.18. The minimum absolute atomic E-state index is 0. The van der Waals surface area contributed by atoms with Crippen LogP contribution in [-0.2, 0) is 34.1 Å². The molecule has 0 heterocycles. The van der Waals surface area contributed by atoms with Crippen LogP contribution in [0.25, 0.3) is 22.3 Å². The van der Waals surface area contributed by atoms with Crippen LogP contribution in [-0.4, -0.2) is 3.21 Å². The Labute approximate surface area is 210 Å². The van der Waals surface area contributed by atoms with Crippen molar-refractivity contribution >= 4 is 9.75 Å². The van der Waals surface area contributed by atoms with E-state index >= 15 is 0 Å². The number of rotatable bonds is 2. The predicted octanol–water partition coefficient (Wildman–Crippen LogP) is -0.382. The Morgan fingerprint density at radius 3 is 1.38 bits per heavy atom. The monoisotopic (exact) mass is 532 g/mol. The van der Waals surface area contributed by atoms with Crippen LogP contribution in [0.15, 0.2) is 84.9 Å². The van der Waals surface area contributed by atoms with Gasteiger partial charge in [-0.25, -0.2) is 0 Å². The van der Waals surface area contributed by atoms with Crippen LogP contribution in [0, 0.1) is 0 Å². The average molecular weight is 535 g/mol. The SMILES string of the molecule is C[C](C)=[Zr+2]([c]1cccc2c1Cc1ccccc1-2)[c]1cccc2c1Cc1ccccc1-2.[Cl-].[Cl-]. The second-order valence-corrected chi connectivity index (χ2v) is 15.7. The summed E-state index contributed by atoms with van der Waals surface area (Å²) in [6, 6.07) is 32.1. The van der Waals surface area contributed by atoms with Crippen molar-refractivity contribution in [2.75, 3.05) is 0 Å². The molecule has 0 aliphatic heterocycles. The van der Waals surface area contributed by atoms with Crippen LogP contribution in [0.5, 0.6) is 0 Å². The standard InChI is InChI=1S/2C13H9.C3H6.2ClH.Zr/c2*1-3-7-12-10(5-1)9-11-6-2-4-8-13(11)12;1-3-2;;;/h2*1-5,7-8H,9H2;1-2H3;2*1H;/q;;;;;+2/p-2. The molecule has 0 saturated carbocycles. The van der Waals surface area contributed by atoms with Gasteiger partial charge in [0, 0.05) is 0 Å². The minimum Gasteiger partial charge on any atom is -1.00 e. The number of hydrogen-bond acceptors (Lipinski definition) is 0. The molecule has 4 aromatic carbocycles. The van der Waals surface area contributed by atoms with Crippen LogP contribution < -0.4 is 31.4 Å². The van der Waals surface area contributed by atoms with Gasteiger partial charge in [0.1, 0.15) is 0 Å². The van der Waals surface area contributed by atoms with Gasteiger partial charge in [0.15, 0.2) is 0 Å². The maximum atomic E-state index is 2.45. The number of halogens is 2. The van der Waals surface area contributed by atoms with E-state index in [2.05, 4.69) is 98.8 Å². The molecule has 0 bridgehead atoms. The molecule has 0 atom stereocenters. The molecule has 2 aliphatic rings. The molecule has 158 valence electrons. The number of fused-ring (bicyclic) bond motifs is 6. The Hall–Kier alpha value is -1.79. The molecule has 0 aromatic heterocycles. The van der Waals surface area contributed by atoms with Gasteiger partial charge in [0.2, 0.25) is 0 Å².